The number of aliphatic carboxylic acids is 1. The van der Waals surface area contributed by atoms with Crippen LogP contribution in [0.5, 0.6) is 5.75 Å². The van der Waals surface area contributed by atoms with Gasteiger partial charge in [0.25, 0.3) is 5.91 Å². The second-order valence-electron chi connectivity index (χ2n) is 9.55. The minimum absolute atomic E-state index is 0.0625. The van der Waals surface area contributed by atoms with Crippen LogP contribution >= 0.6 is 22.9 Å². The number of hydrogen-bond donors (Lipinski definition) is 3. The molecule has 3 heterocycles. The molecule has 2 aliphatic rings. The number of likely N-dealkylation sites (tertiary alicyclic amines) is 1. The first-order valence-electron chi connectivity index (χ1n) is 12.7. The highest BCUT2D eigenvalue weighted by atomic mass is 35.5. The van der Waals surface area contributed by atoms with Crippen LogP contribution in [0.25, 0.3) is 0 Å². The minimum atomic E-state index is -4.70. The van der Waals surface area contributed by atoms with Crippen LogP contribution in [0, 0.1) is 11.7 Å². The molecule has 12 nitrogen and oxygen atoms in total. The van der Waals surface area contributed by atoms with Gasteiger partial charge in [0.05, 0.1) is 27.9 Å². The first kappa shape index (κ1) is 30.7. The zero-order valence-electron chi connectivity index (χ0n) is 21.9. The lowest BCUT2D eigenvalue weighted by Crippen LogP contribution is -2.53. The average molecular weight is 631 g/mol. The van der Waals surface area contributed by atoms with Gasteiger partial charge in [0.15, 0.2) is 5.75 Å². The topological polar surface area (TPSA) is 162 Å². The van der Waals surface area contributed by atoms with Crippen LogP contribution in [0.3, 0.4) is 0 Å². The fourth-order valence-corrected chi connectivity index (χ4v) is 7.10. The average Bonchev–Trinajstić information content (AvgIpc) is 3.60. The van der Waals surface area contributed by atoms with E-state index in [0.29, 0.717) is 23.2 Å². The van der Waals surface area contributed by atoms with Gasteiger partial charge < -0.3 is 25.0 Å². The number of halogens is 2. The molecule has 2 saturated heterocycles. The van der Waals surface area contributed by atoms with E-state index in [-0.39, 0.29) is 54.7 Å². The first-order valence-corrected chi connectivity index (χ1v) is 15.3. The van der Waals surface area contributed by atoms with Gasteiger partial charge in [-0.2, -0.15) is 4.72 Å². The summed E-state index contributed by atoms with van der Waals surface area (Å²) in [5.41, 5.74) is -0.0628. The lowest BCUT2D eigenvalue weighted by atomic mass is 10.1. The number of carboxylic acid groups (broad SMARTS) is 1. The molecular weight excluding hydrogens is 603 g/mol. The van der Waals surface area contributed by atoms with Gasteiger partial charge in [-0.15, -0.1) is 11.3 Å². The first-order chi connectivity index (χ1) is 19.4. The molecule has 0 bridgehead atoms. The summed E-state index contributed by atoms with van der Waals surface area (Å²) >= 11 is 6.87. The van der Waals surface area contributed by atoms with E-state index in [1.54, 1.807) is 0 Å². The Bertz CT molecular complexity index is 1470. The SMILES string of the molecule is COc1c(N2CCCCC2=O)cc(F)cc1S(=O)(=O)N[C@@H](CNC(=O)c1ccc(Cl)s1)C(=O)N1CC[C@H](C(=O)O)C1. The van der Waals surface area contributed by atoms with Crippen LogP contribution in [0.2, 0.25) is 4.34 Å². The molecule has 16 heteroatoms. The summed E-state index contributed by atoms with van der Waals surface area (Å²) in [5, 5.41) is 11.8. The number of benzene rings is 1. The number of anilines is 1. The van der Waals surface area contributed by atoms with Gasteiger partial charge in [-0.25, -0.2) is 12.8 Å². The summed E-state index contributed by atoms with van der Waals surface area (Å²) in [7, 11) is -3.53. The van der Waals surface area contributed by atoms with Crippen LogP contribution in [-0.4, -0.2) is 81.4 Å². The number of ether oxygens (including phenoxy) is 1. The number of thiophene rings is 1. The van der Waals surface area contributed by atoms with Crippen molar-refractivity contribution in [2.24, 2.45) is 5.92 Å². The molecule has 2 atom stereocenters. The summed E-state index contributed by atoms with van der Waals surface area (Å²) in [6.45, 7) is -0.348. The highest BCUT2D eigenvalue weighted by Crippen LogP contribution is 2.38. The van der Waals surface area contributed by atoms with Gasteiger partial charge in [0, 0.05) is 38.7 Å². The number of nitrogens with one attached hydrogen (secondary N) is 2. The van der Waals surface area contributed by atoms with Crippen LogP contribution < -0.4 is 19.7 Å². The lowest BCUT2D eigenvalue weighted by molar-refractivity contribution is -0.141. The van der Waals surface area contributed by atoms with Crippen molar-refractivity contribution in [3.63, 3.8) is 0 Å². The smallest absolute Gasteiger partial charge is 0.308 e. The van der Waals surface area contributed by atoms with Crippen molar-refractivity contribution in [2.75, 3.05) is 38.2 Å². The predicted molar refractivity (Wildman–Crippen MR) is 147 cm³/mol. The van der Waals surface area contributed by atoms with Gasteiger partial charge in [-0.05, 0) is 37.5 Å². The Labute approximate surface area is 244 Å². The predicted octanol–water partition coefficient (Wildman–Crippen LogP) is 2.08. The van der Waals surface area contributed by atoms with E-state index < -0.39 is 57.0 Å². The molecule has 3 N–H and O–H groups in total. The third kappa shape index (κ3) is 6.97. The molecule has 0 aliphatic carbocycles. The van der Waals surface area contributed by atoms with Gasteiger partial charge in [-0.1, -0.05) is 11.6 Å². The van der Waals surface area contributed by atoms with E-state index in [1.807, 2.05) is 0 Å². The number of nitrogens with zero attached hydrogens (tertiary/aromatic N) is 2. The van der Waals surface area contributed by atoms with Crippen molar-refractivity contribution < 1.29 is 41.8 Å². The summed E-state index contributed by atoms with van der Waals surface area (Å²) in [6, 6.07) is 3.10. The molecule has 2 aliphatic heterocycles. The van der Waals surface area contributed by atoms with Crippen LogP contribution in [0.15, 0.2) is 29.2 Å². The Hall–Kier alpha value is -3.27. The number of amides is 3. The summed E-state index contributed by atoms with van der Waals surface area (Å²) in [6.07, 6.45) is 1.65. The number of carbonyl (C=O) groups excluding carboxylic acids is 3. The van der Waals surface area contributed by atoms with Crippen LogP contribution in [0.1, 0.15) is 35.4 Å². The van der Waals surface area contributed by atoms with E-state index in [4.69, 9.17) is 16.3 Å². The van der Waals surface area contributed by atoms with Crippen LogP contribution in [0.4, 0.5) is 10.1 Å². The van der Waals surface area contributed by atoms with Crippen molar-refractivity contribution in [2.45, 2.75) is 36.6 Å². The molecule has 41 heavy (non-hydrogen) atoms. The molecule has 1 aromatic heterocycles. The third-order valence-electron chi connectivity index (χ3n) is 6.82. The Morgan fingerprint density at radius 2 is 2.00 bits per heavy atom. The van der Waals surface area contributed by atoms with E-state index in [2.05, 4.69) is 10.0 Å². The van der Waals surface area contributed by atoms with Crippen molar-refractivity contribution in [1.82, 2.24) is 14.9 Å². The van der Waals surface area contributed by atoms with E-state index >= 15 is 0 Å². The van der Waals surface area contributed by atoms with E-state index in [0.717, 1.165) is 17.4 Å². The maximum Gasteiger partial charge on any atom is 0.308 e. The maximum atomic E-state index is 14.8. The van der Waals surface area contributed by atoms with E-state index in [1.165, 1.54) is 29.0 Å². The number of piperidine rings is 1. The Morgan fingerprint density at radius 1 is 1.24 bits per heavy atom. The molecule has 0 radical (unpaired) electrons. The molecule has 0 unspecified atom stereocenters. The number of rotatable bonds is 10. The highest BCUT2D eigenvalue weighted by molar-refractivity contribution is 7.89. The molecule has 222 valence electrons. The maximum absolute atomic E-state index is 14.8. The fourth-order valence-electron chi connectivity index (χ4n) is 4.75. The normalized spacial score (nSPS) is 18.3. The van der Waals surface area contributed by atoms with Crippen molar-refractivity contribution in [1.29, 1.82) is 0 Å². The largest absolute Gasteiger partial charge is 0.493 e. The molecule has 0 spiro atoms. The van der Waals surface area contributed by atoms with Crippen molar-refractivity contribution in [3.05, 3.63) is 39.3 Å². The van der Waals surface area contributed by atoms with E-state index in [9.17, 15) is 37.1 Å². The molecule has 2 aromatic rings. The summed E-state index contributed by atoms with van der Waals surface area (Å²) in [4.78, 5) is 52.1. The highest BCUT2D eigenvalue weighted by Gasteiger charge is 2.37. The summed E-state index contributed by atoms with van der Waals surface area (Å²) in [5.74, 6) is -4.86. The lowest BCUT2D eigenvalue weighted by Gasteiger charge is -2.29. The molecule has 4 rings (SSSR count). The number of carbonyl (C=O) groups is 4. The second kappa shape index (κ2) is 12.7. The standard InChI is InChI=1S/C25H28ClFN4O8S2/c1-39-22-17(31-8-3-2-4-21(31)32)10-15(27)11-19(22)41(37,38)29-16(12-28-23(33)18-5-6-20(26)40-18)24(34)30-9-7-14(13-30)25(35)36/h5-6,10-11,14,16,29H,2-4,7-9,12-13H2,1H3,(H,28,33)(H,35,36)/t14-,16-/m0/s1. The third-order valence-corrected chi connectivity index (χ3v) is 9.52. The molecule has 2 fully saturated rings. The molecular formula is C25H28ClFN4O8S2. The molecule has 3 amide bonds. The number of hydrogen-bond acceptors (Lipinski definition) is 8. The Kier molecular flexibility index (Phi) is 9.51. The summed E-state index contributed by atoms with van der Waals surface area (Å²) < 4.78 is 50.0. The quantitative estimate of drug-likeness (QED) is 0.359. The Balaban J connectivity index is 1.65. The minimum Gasteiger partial charge on any atom is -0.493 e. The van der Waals surface area contributed by atoms with Gasteiger partial charge in [0.1, 0.15) is 16.8 Å². The number of sulfonamides is 1. The van der Waals surface area contributed by atoms with Gasteiger partial charge in [-0.3, -0.25) is 19.2 Å². The van der Waals surface area contributed by atoms with Crippen molar-refractivity contribution >= 4 is 62.3 Å². The van der Waals surface area contributed by atoms with Crippen LogP contribution in [-0.2, 0) is 24.4 Å². The zero-order valence-corrected chi connectivity index (χ0v) is 24.3. The zero-order chi connectivity index (χ0) is 29.9. The van der Waals surface area contributed by atoms with Gasteiger partial charge >= 0.3 is 5.97 Å². The van der Waals surface area contributed by atoms with Gasteiger partial charge in [0.2, 0.25) is 21.8 Å². The number of methoxy groups -OCH3 is 1. The van der Waals surface area contributed by atoms with Crippen molar-refractivity contribution in [3.8, 4) is 5.75 Å². The monoisotopic (exact) mass is 630 g/mol. The second-order valence-corrected chi connectivity index (χ2v) is 13.0. The molecule has 1 aromatic carbocycles. The number of carboxylic acids is 1. The fraction of sp³-hybridized carbons (Fsp3) is 0.440. The Morgan fingerprint density at radius 3 is 2.61 bits per heavy atom. The molecule has 0 saturated carbocycles.